The second-order valence-corrected chi connectivity index (χ2v) is 8.24. The number of esters is 1. The number of ketones is 1. The molecule has 29 heavy (non-hydrogen) atoms. The lowest BCUT2D eigenvalue weighted by Gasteiger charge is -2.26. The number of hydrogen-bond donors (Lipinski definition) is 0. The zero-order valence-corrected chi connectivity index (χ0v) is 17.1. The van der Waals surface area contributed by atoms with Crippen molar-refractivity contribution < 1.29 is 23.9 Å². The molecule has 0 bridgehead atoms. The van der Waals surface area contributed by atoms with Crippen molar-refractivity contribution in [3.05, 3.63) is 47.5 Å². The van der Waals surface area contributed by atoms with Gasteiger partial charge < -0.3 is 4.74 Å². The molecule has 2 aliphatic rings. The van der Waals surface area contributed by atoms with E-state index in [1.165, 1.54) is 0 Å². The highest BCUT2D eigenvalue weighted by Gasteiger charge is 2.51. The highest BCUT2D eigenvalue weighted by molar-refractivity contribution is 6.08. The molecule has 0 unspecified atom stereocenters. The fraction of sp³-hybridized carbons (Fsp3) is 0.478. The summed E-state index contributed by atoms with van der Waals surface area (Å²) in [5, 5.41) is 0. The fourth-order valence-corrected chi connectivity index (χ4v) is 3.94. The van der Waals surface area contributed by atoms with Gasteiger partial charge in [-0.05, 0) is 32.1 Å². The van der Waals surface area contributed by atoms with Crippen molar-refractivity contribution in [2.45, 2.75) is 46.1 Å². The number of nitrogens with zero attached hydrogens (tertiary/aromatic N) is 1. The maximum atomic E-state index is 12.9. The molecule has 0 radical (unpaired) electrons. The smallest absolute Gasteiger partial charge is 0.329 e. The summed E-state index contributed by atoms with van der Waals surface area (Å²) in [4.78, 5) is 52.0. The zero-order chi connectivity index (χ0) is 21.1. The fourth-order valence-electron chi connectivity index (χ4n) is 3.94. The van der Waals surface area contributed by atoms with Crippen LogP contribution in [0, 0.1) is 24.7 Å². The van der Waals surface area contributed by atoms with E-state index in [1.807, 2.05) is 45.1 Å². The molecule has 1 aliphatic carbocycles. The molecule has 1 heterocycles. The summed E-state index contributed by atoms with van der Waals surface area (Å²) < 4.78 is 5.26. The Bertz CT molecular complexity index is 813. The normalized spacial score (nSPS) is 22.0. The molecule has 0 aromatic heterocycles. The minimum Gasteiger partial charge on any atom is -0.456 e. The standard InChI is InChI=1S/C23H27NO5/c1-14(2)12-19(24-21(26)17-6-4-5-7-18(17)22(24)27)23(28)29-13-20(25)16-10-8-15(3)9-11-16/h4-5,8-11,14,17-19H,6-7,12-13H2,1-3H3/t17-,18+,19-/m1/s1. The van der Waals surface area contributed by atoms with Crippen molar-refractivity contribution in [2.75, 3.05) is 6.61 Å². The summed E-state index contributed by atoms with van der Waals surface area (Å²) in [5.41, 5.74) is 1.48. The Morgan fingerprint density at radius 2 is 1.59 bits per heavy atom. The first-order chi connectivity index (χ1) is 13.8. The summed E-state index contributed by atoms with van der Waals surface area (Å²) in [6.45, 7) is 5.33. The van der Waals surface area contributed by atoms with Crippen LogP contribution in [0.25, 0.3) is 0 Å². The van der Waals surface area contributed by atoms with Crippen LogP contribution in [0.3, 0.4) is 0 Å². The summed E-state index contributed by atoms with van der Waals surface area (Å²) >= 11 is 0. The molecule has 1 aromatic carbocycles. The Hall–Kier alpha value is -2.76. The Balaban J connectivity index is 1.72. The third-order valence-electron chi connectivity index (χ3n) is 5.54. The van der Waals surface area contributed by atoms with Crippen LogP contribution >= 0.6 is 0 Å². The summed E-state index contributed by atoms with van der Waals surface area (Å²) in [5.74, 6) is -2.37. The number of fused-ring (bicyclic) bond motifs is 1. The quantitative estimate of drug-likeness (QED) is 0.306. The van der Waals surface area contributed by atoms with E-state index in [0.717, 1.165) is 10.5 Å². The number of likely N-dealkylation sites (tertiary alicyclic amines) is 1. The first-order valence-corrected chi connectivity index (χ1v) is 10.1. The van der Waals surface area contributed by atoms with Gasteiger partial charge in [0.15, 0.2) is 12.4 Å². The Morgan fingerprint density at radius 1 is 1.03 bits per heavy atom. The number of Topliss-reactive ketones (excluding diaryl/α,β-unsaturated/α-hetero) is 1. The zero-order valence-electron chi connectivity index (χ0n) is 17.1. The molecule has 3 atom stereocenters. The van der Waals surface area contributed by atoms with Gasteiger partial charge >= 0.3 is 5.97 Å². The van der Waals surface area contributed by atoms with Gasteiger partial charge in [0.1, 0.15) is 6.04 Å². The second-order valence-electron chi connectivity index (χ2n) is 8.24. The molecule has 0 N–H and O–H groups in total. The molecule has 154 valence electrons. The molecule has 6 heteroatoms. The molecule has 1 fully saturated rings. The maximum absolute atomic E-state index is 12.9. The third kappa shape index (κ3) is 4.47. The number of hydrogen-bond acceptors (Lipinski definition) is 5. The van der Waals surface area contributed by atoms with Crippen LogP contribution in [0.5, 0.6) is 0 Å². The lowest BCUT2D eigenvalue weighted by Crippen LogP contribution is -2.47. The lowest BCUT2D eigenvalue weighted by molar-refractivity contribution is -0.158. The van der Waals surface area contributed by atoms with Crippen LogP contribution in [0.2, 0.25) is 0 Å². The van der Waals surface area contributed by atoms with Gasteiger partial charge in [0, 0.05) is 5.56 Å². The maximum Gasteiger partial charge on any atom is 0.329 e. The highest BCUT2D eigenvalue weighted by atomic mass is 16.5. The van der Waals surface area contributed by atoms with Crippen molar-refractivity contribution >= 4 is 23.6 Å². The Kier molecular flexibility index (Phi) is 6.30. The van der Waals surface area contributed by atoms with Crippen LogP contribution in [0.15, 0.2) is 36.4 Å². The summed E-state index contributed by atoms with van der Waals surface area (Å²) in [6, 6.07) is 6.00. The number of allylic oxidation sites excluding steroid dienone is 2. The van der Waals surface area contributed by atoms with Crippen molar-refractivity contribution in [1.29, 1.82) is 0 Å². The molecular weight excluding hydrogens is 370 g/mol. The van der Waals surface area contributed by atoms with Gasteiger partial charge in [-0.25, -0.2) is 4.79 Å². The van der Waals surface area contributed by atoms with E-state index in [-0.39, 0.29) is 23.5 Å². The van der Waals surface area contributed by atoms with Crippen molar-refractivity contribution in [2.24, 2.45) is 17.8 Å². The molecule has 1 aliphatic heterocycles. The van der Waals surface area contributed by atoms with E-state index in [1.54, 1.807) is 12.1 Å². The van der Waals surface area contributed by atoms with E-state index >= 15 is 0 Å². The van der Waals surface area contributed by atoms with Gasteiger partial charge in [0.25, 0.3) is 0 Å². The van der Waals surface area contributed by atoms with E-state index in [9.17, 15) is 19.2 Å². The Morgan fingerprint density at radius 3 is 2.10 bits per heavy atom. The number of carbonyl (C=O) groups excluding carboxylic acids is 4. The summed E-state index contributed by atoms with van der Waals surface area (Å²) in [6.07, 6.45) is 5.15. The van der Waals surface area contributed by atoms with Crippen LogP contribution in [0.1, 0.15) is 49.0 Å². The van der Waals surface area contributed by atoms with E-state index in [4.69, 9.17) is 4.74 Å². The van der Waals surface area contributed by atoms with E-state index in [2.05, 4.69) is 0 Å². The van der Waals surface area contributed by atoms with Gasteiger partial charge in [0.2, 0.25) is 11.8 Å². The molecule has 6 nitrogen and oxygen atoms in total. The van der Waals surface area contributed by atoms with Crippen LogP contribution < -0.4 is 0 Å². The van der Waals surface area contributed by atoms with Crippen LogP contribution in [-0.4, -0.2) is 41.1 Å². The second kappa shape index (κ2) is 8.72. The first-order valence-electron chi connectivity index (χ1n) is 10.1. The molecule has 0 spiro atoms. The predicted molar refractivity (Wildman–Crippen MR) is 107 cm³/mol. The first kappa shape index (κ1) is 21.0. The number of amides is 2. The van der Waals surface area contributed by atoms with Gasteiger partial charge in [0.05, 0.1) is 11.8 Å². The number of imide groups is 1. The number of aryl methyl sites for hydroxylation is 1. The average molecular weight is 397 g/mol. The van der Waals surface area contributed by atoms with E-state index < -0.39 is 30.5 Å². The molecule has 1 saturated heterocycles. The van der Waals surface area contributed by atoms with Gasteiger partial charge in [-0.15, -0.1) is 0 Å². The molecule has 3 rings (SSSR count). The van der Waals surface area contributed by atoms with E-state index in [0.29, 0.717) is 24.8 Å². The number of benzene rings is 1. The van der Waals surface area contributed by atoms with Crippen molar-refractivity contribution in [3.63, 3.8) is 0 Å². The van der Waals surface area contributed by atoms with Crippen LogP contribution in [0.4, 0.5) is 0 Å². The Labute approximate surface area is 170 Å². The number of ether oxygens (including phenoxy) is 1. The molecule has 2 amide bonds. The monoisotopic (exact) mass is 397 g/mol. The third-order valence-corrected chi connectivity index (χ3v) is 5.54. The molecular formula is C23H27NO5. The molecule has 1 aromatic rings. The van der Waals surface area contributed by atoms with Gasteiger partial charge in [-0.1, -0.05) is 55.8 Å². The van der Waals surface area contributed by atoms with Gasteiger partial charge in [-0.2, -0.15) is 0 Å². The molecule has 0 saturated carbocycles. The largest absolute Gasteiger partial charge is 0.456 e. The minimum atomic E-state index is -0.994. The summed E-state index contributed by atoms with van der Waals surface area (Å²) in [7, 11) is 0. The van der Waals surface area contributed by atoms with Crippen LogP contribution in [-0.2, 0) is 19.1 Å². The predicted octanol–water partition coefficient (Wildman–Crippen LogP) is 3.09. The number of carbonyl (C=O) groups is 4. The highest BCUT2D eigenvalue weighted by Crippen LogP contribution is 2.37. The topological polar surface area (TPSA) is 80.8 Å². The average Bonchev–Trinajstić information content (AvgIpc) is 2.95. The lowest BCUT2D eigenvalue weighted by atomic mass is 9.85. The number of rotatable bonds is 7. The van der Waals surface area contributed by atoms with Crippen molar-refractivity contribution in [3.8, 4) is 0 Å². The minimum absolute atomic E-state index is 0.0710. The van der Waals surface area contributed by atoms with Gasteiger partial charge in [-0.3, -0.25) is 19.3 Å². The van der Waals surface area contributed by atoms with Crippen molar-refractivity contribution in [1.82, 2.24) is 4.90 Å². The SMILES string of the molecule is Cc1ccc(C(=O)COC(=O)[C@@H](CC(C)C)N2C(=O)[C@H]3CC=CC[C@H]3C2=O)cc1.